The molecule has 1 fully saturated rings. The molecule has 10 heteroatoms. The topological polar surface area (TPSA) is 90.5 Å². The van der Waals surface area contributed by atoms with Crippen LogP contribution in [0.25, 0.3) is 0 Å². The number of hydrogen-bond donors (Lipinski definition) is 0. The molecule has 2 rings (SSSR count). The van der Waals surface area contributed by atoms with E-state index in [9.17, 15) is 14.9 Å². The van der Waals surface area contributed by atoms with Gasteiger partial charge in [0.25, 0.3) is 0 Å². The Balaban J connectivity index is 0.00000288. The minimum absolute atomic E-state index is 0. The molecule has 0 saturated carbocycles. The van der Waals surface area contributed by atoms with E-state index in [2.05, 4.69) is 12.0 Å². The number of rotatable bonds is 5. The van der Waals surface area contributed by atoms with Crippen molar-refractivity contribution in [3.63, 3.8) is 0 Å². The first kappa shape index (κ1) is 20.6. The molecule has 24 heavy (non-hydrogen) atoms. The molecule has 9 nitrogen and oxygen atoms in total. The molecule has 0 unspecified atom stereocenters. The van der Waals surface area contributed by atoms with Gasteiger partial charge in [0.05, 0.1) is 27.2 Å². The predicted octanol–water partition coefficient (Wildman–Crippen LogP) is 1.88. The minimum atomic E-state index is -0.509. The Bertz CT molecular complexity index is 611. The SMILES string of the molecule is CN(C)C(=O)OCc1c(C[N+]2(C)CCCC2)nc([N+](=O)[O-])n1C.I. The van der Waals surface area contributed by atoms with Crippen LogP contribution >= 0.6 is 24.0 Å². The fraction of sp³-hybridized carbons (Fsp3) is 0.714. The van der Waals surface area contributed by atoms with Gasteiger partial charge in [-0.1, -0.05) is 4.98 Å². The summed E-state index contributed by atoms with van der Waals surface area (Å²) in [5.41, 5.74) is 1.22. The summed E-state index contributed by atoms with van der Waals surface area (Å²) in [5.74, 6) is -0.221. The van der Waals surface area contributed by atoms with Crippen LogP contribution in [-0.2, 0) is 24.9 Å². The van der Waals surface area contributed by atoms with Crippen LogP contribution < -0.4 is 0 Å². The molecule has 1 saturated heterocycles. The molecule has 0 radical (unpaired) electrons. The number of likely N-dealkylation sites (tertiary alicyclic amines) is 1. The number of nitrogens with zero attached hydrogens (tertiary/aromatic N) is 5. The van der Waals surface area contributed by atoms with Gasteiger partial charge >= 0.3 is 12.0 Å². The lowest BCUT2D eigenvalue weighted by Gasteiger charge is -2.27. The van der Waals surface area contributed by atoms with Gasteiger partial charge in [-0.3, -0.25) is 0 Å². The Morgan fingerprint density at radius 2 is 2.00 bits per heavy atom. The van der Waals surface area contributed by atoms with Crippen LogP contribution in [0.5, 0.6) is 0 Å². The number of aromatic nitrogens is 2. The Labute approximate surface area is 158 Å². The molecule has 0 atom stereocenters. The molecule has 1 aliphatic rings. The molecule has 0 bridgehead atoms. The van der Waals surface area contributed by atoms with Crippen LogP contribution in [0.4, 0.5) is 10.7 Å². The maximum Gasteiger partial charge on any atom is 0.435 e. The van der Waals surface area contributed by atoms with Crippen LogP contribution in [0.15, 0.2) is 0 Å². The second-order valence-corrected chi connectivity index (χ2v) is 6.50. The molecule has 1 aliphatic heterocycles. The van der Waals surface area contributed by atoms with E-state index >= 15 is 0 Å². The van der Waals surface area contributed by atoms with Crippen molar-refractivity contribution in [3.8, 4) is 0 Å². The van der Waals surface area contributed by atoms with Gasteiger partial charge in [0.2, 0.25) is 5.69 Å². The Morgan fingerprint density at radius 3 is 2.50 bits per heavy atom. The van der Waals surface area contributed by atoms with E-state index in [-0.39, 0.29) is 36.5 Å². The van der Waals surface area contributed by atoms with Crippen LogP contribution in [0.2, 0.25) is 0 Å². The quantitative estimate of drug-likeness (QED) is 0.293. The lowest BCUT2D eigenvalue weighted by molar-refractivity contribution is -0.911. The van der Waals surface area contributed by atoms with Crippen molar-refractivity contribution in [2.24, 2.45) is 7.05 Å². The molecule has 0 spiro atoms. The van der Waals surface area contributed by atoms with Crippen molar-refractivity contribution < 1.29 is 18.9 Å². The molecule has 1 aromatic heterocycles. The van der Waals surface area contributed by atoms with Crippen LogP contribution in [0.3, 0.4) is 0 Å². The van der Waals surface area contributed by atoms with Crippen molar-refractivity contribution in [3.05, 3.63) is 21.5 Å². The van der Waals surface area contributed by atoms with Crippen molar-refractivity contribution in [2.45, 2.75) is 26.0 Å². The van der Waals surface area contributed by atoms with Gasteiger partial charge in [-0.15, -0.1) is 24.0 Å². The third-order valence-corrected chi connectivity index (χ3v) is 4.31. The maximum absolute atomic E-state index is 11.6. The highest BCUT2D eigenvalue weighted by Crippen LogP contribution is 2.25. The first-order valence-electron chi connectivity index (χ1n) is 7.60. The Morgan fingerprint density at radius 1 is 1.42 bits per heavy atom. The smallest absolute Gasteiger partial charge is 0.435 e. The van der Waals surface area contributed by atoms with Crippen molar-refractivity contribution >= 4 is 36.0 Å². The minimum Gasteiger partial charge on any atom is -0.441 e. The van der Waals surface area contributed by atoms with E-state index in [4.69, 9.17) is 4.74 Å². The lowest BCUT2D eigenvalue weighted by Crippen LogP contribution is -2.40. The van der Waals surface area contributed by atoms with Gasteiger partial charge in [-0.25, -0.2) is 9.36 Å². The highest BCUT2D eigenvalue weighted by molar-refractivity contribution is 14.0. The summed E-state index contributed by atoms with van der Waals surface area (Å²) >= 11 is 0. The highest BCUT2D eigenvalue weighted by Gasteiger charge is 2.34. The number of ether oxygens (including phenoxy) is 1. The second kappa shape index (κ2) is 8.10. The van der Waals surface area contributed by atoms with E-state index in [0.717, 1.165) is 30.4 Å². The van der Waals surface area contributed by atoms with E-state index in [0.29, 0.717) is 17.9 Å². The number of hydrogen-bond acceptors (Lipinski definition) is 5. The summed E-state index contributed by atoms with van der Waals surface area (Å²) in [4.78, 5) is 27.8. The molecule has 0 aromatic carbocycles. The molecule has 1 amide bonds. The van der Waals surface area contributed by atoms with Gasteiger partial charge in [0.15, 0.2) is 12.3 Å². The molecule has 136 valence electrons. The molecule has 2 heterocycles. The largest absolute Gasteiger partial charge is 0.441 e. The summed E-state index contributed by atoms with van der Waals surface area (Å²) in [6.45, 7) is 2.64. The van der Waals surface area contributed by atoms with Crippen molar-refractivity contribution in [1.82, 2.24) is 14.5 Å². The lowest BCUT2D eigenvalue weighted by atomic mass is 10.3. The molecule has 0 N–H and O–H groups in total. The van der Waals surface area contributed by atoms with Crippen LogP contribution in [0.1, 0.15) is 24.2 Å². The molecule has 0 aliphatic carbocycles. The number of quaternary nitrogens is 1. The first-order chi connectivity index (χ1) is 10.7. The van der Waals surface area contributed by atoms with Gasteiger partial charge in [-0.2, -0.15) is 0 Å². The monoisotopic (exact) mass is 454 g/mol. The van der Waals surface area contributed by atoms with Crippen molar-refractivity contribution in [2.75, 3.05) is 34.2 Å². The summed E-state index contributed by atoms with van der Waals surface area (Å²) in [6.07, 6.45) is 1.81. The molecule has 1 aromatic rings. The van der Waals surface area contributed by atoms with Crippen LogP contribution in [0, 0.1) is 10.1 Å². The summed E-state index contributed by atoms with van der Waals surface area (Å²) in [7, 11) is 6.89. The van der Waals surface area contributed by atoms with E-state index < -0.39 is 11.0 Å². The fourth-order valence-corrected chi connectivity index (χ4v) is 2.92. The first-order valence-corrected chi connectivity index (χ1v) is 7.60. The van der Waals surface area contributed by atoms with Gasteiger partial charge < -0.3 is 24.2 Å². The second-order valence-electron chi connectivity index (χ2n) is 6.50. The van der Waals surface area contributed by atoms with Gasteiger partial charge in [-0.05, 0) is 4.92 Å². The van der Waals surface area contributed by atoms with Gasteiger partial charge in [0.1, 0.15) is 6.54 Å². The van der Waals surface area contributed by atoms with Crippen molar-refractivity contribution in [1.29, 1.82) is 0 Å². The van der Waals surface area contributed by atoms with Gasteiger partial charge in [0, 0.05) is 26.9 Å². The number of carbonyl (C=O) groups excluding carboxylic acids is 1. The van der Waals surface area contributed by atoms with Crippen LogP contribution in [-0.4, -0.2) is 64.2 Å². The molecular weight excluding hydrogens is 429 g/mol. The number of amides is 1. The average Bonchev–Trinajstić information content (AvgIpc) is 3.01. The Kier molecular flexibility index (Phi) is 6.96. The zero-order valence-electron chi connectivity index (χ0n) is 14.5. The van der Waals surface area contributed by atoms with E-state index in [1.807, 2.05) is 0 Å². The van der Waals surface area contributed by atoms with E-state index in [1.54, 1.807) is 21.1 Å². The number of nitro groups is 1. The third kappa shape index (κ3) is 4.56. The Hall–Kier alpha value is -1.43. The van der Waals surface area contributed by atoms with E-state index in [1.165, 1.54) is 9.47 Å². The fourth-order valence-electron chi connectivity index (χ4n) is 2.92. The molecular formula is C14H25IN5O4+. The normalized spacial score (nSPS) is 15.7. The average molecular weight is 454 g/mol. The standard InChI is InChI=1S/C14H24N5O4.HI/c1-16(2)14(20)23-10-12-11(9-19(4)7-5-6-8-19)15-13(17(12)3)18(21)22;/h5-10H2,1-4H3;1H/q+1;. The zero-order valence-corrected chi connectivity index (χ0v) is 16.9. The summed E-state index contributed by atoms with van der Waals surface area (Å²) < 4.78 is 7.41. The summed E-state index contributed by atoms with van der Waals surface area (Å²) in [6, 6.07) is 0. The maximum atomic E-state index is 11.6. The number of carbonyl (C=O) groups is 1. The highest BCUT2D eigenvalue weighted by atomic mass is 127. The zero-order chi connectivity index (χ0) is 17.2. The third-order valence-electron chi connectivity index (χ3n) is 4.31. The number of imidazole rings is 1. The number of halogens is 1. The summed E-state index contributed by atoms with van der Waals surface area (Å²) in [5, 5.41) is 11.2. The predicted molar refractivity (Wildman–Crippen MR) is 98.0 cm³/mol.